The monoisotopic (exact) mass is 241 g/mol. The van der Waals surface area contributed by atoms with Crippen LogP contribution in [0.5, 0.6) is 5.75 Å². The van der Waals surface area contributed by atoms with Crippen LogP contribution in [0.1, 0.15) is 15.9 Å². The SMILES string of the molecule is CNCC(=O)c1c(OC)ccc(COC)c1F. The van der Waals surface area contributed by atoms with E-state index in [1.807, 2.05) is 0 Å². The molecule has 0 unspecified atom stereocenters. The number of benzene rings is 1. The van der Waals surface area contributed by atoms with Crippen molar-refractivity contribution < 1.29 is 18.7 Å². The van der Waals surface area contributed by atoms with Gasteiger partial charge in [0, 0.05) is 12.7 Å². The Kier molecular flexibility index (Phi) is 5.06. The topological polar surface area (TPSA) is 47.6 Å². The molecular weight excluding hydrogens is 225 g/mol. The van der Waals surface area contributed by atoms with Crippen molar-refractivity contribution in [3.63, 3.8) is 0 Å². The largest absolute Gasteiger partial charge is 0.496 e. The molecule has 17 heavy (non-hydrogen) atoms. The standard InChI is InChI=1S/C12H16FNO3/c1-14-6-9(15)11-10(17-3)5-4-8(7-16-2)12(11)13/h4-5,14H,6-7H2,1-3H3. The number of hydrogen-bond donors (Lipinski definition) is 1. The van der Waals surface area contributed by atoms with E-state index in [0.717, 1.165) is 0 Å². The number of likely N-dealkylation sites (N-methyl/N-ethyl adjacent to an activating group) is 1. The number of nitrogens with one attached hydrogen (secondary N) is 1. The molecule has 0 heterocycles. The molecule has 0 aliphatic rings. The Bertz CT molecular complexity index is 407. The van der Waals surface area contributed by atoms with E-state index >= 15 is 0 Å². The van der Waals surface area contributed by atoms with Crippen LogP contribution < -0.4 is 10.1 Å². The molecule has 0 bridgehead atoms. The molecule has 5 heteroatoms. The van der Waals surface area contributed by atoms with Crippen molar-refractivity contribution in [2.45, 2.75) is 6.61 Å². The van der Waals surface area contributed by atoms with Gasteiger partial charge in [-0.25, -0.2) is 4.39 Å². The maximum Gasteiger partial charge on any atom is 0.183 e. The Morgan fingerprint density at radius 1 is 1.41 bits per heavy atom. The van der Waals surface area contributed by atoms with E-state index in [-0.39, 0.29) is 30.2 Å². The number of halogens is 1. The Morgan fingerprint density at radius 3 is 2.65 bits per heavy atom. The minimum absolute atomic E-state index is 0.0311. The van der Waals surface area contributed by atoms with Gasteiger partial charge in [-0.2, -0.15) is 0 Å². The van der Waals surface area contributed by atoms with E-state index in [2.05, 4.69) is 5.32 Å². The number of ketones is 1. The fourth-order valence-corrected chi connectivity index (χ4v) is 1.55. The van der Waals surface area contributed by atoms with Gasteiger partial charge in [0.25, 0.3) is 0 Å². The van der Waals surface area contributed by atoms with Crippen LogP contribution in [0.4, 0.5) is 4.39 Å². The first kappa shape index (κ1) is 13.6. The van der Waals surface area contributed by atoms with E-state index in [1.165, 1.54) is 14.2 Å². The molecule has 0 aliphatic heterocycles. The first-order valence-corrected chi connectivity index (χ1v) is 5.17. The molecule has 0 fully saturated rings. The summed E-state index contributed by atoms with van der Waals surface area (Å²) in [7, 11) is 4.50. The molecule has 1 aromatic rings. The second-order valence-electron chi connectivity index (χ2n) is 3.50. The van der Waals surface area contributed by atoms with Crippen molar-refractivity contribution in [3.05, 3.63) is 29.1 Å². The number of ether oxygens (including phenoxy) is 2. The van der Waals surface area contributed by atoms with Gasteiger partial charge in [0.15, 0.2) is 5.78 Å². The van der Waals surface area contributed by atoms with Crippen molar-refractivity contribution in [2.24, 2.45) is 0 Å². The highest BCUT2D eigenvalue weighted by Gasteiger charge is 2.20. The summed E-state index contributed by atoms with van der Waals surface area (Å²) in [4.78, 5) is 11.8. The summed E-state index contributed by atoms with van der Waals surface area (Å²) >= 11 is 0. The van der Waals surface area contributed by atoms with Gasteiger partial charge in [0.05, 0.1) is 25.8 Å². The van der Waals surface area contributed by atoms with Crippen LogP contribution in [-0.4, -0.2) is 33.6 Å². The average Bonchev–Trinajstić information content (AvgIpc) is 2.31. The smallest absolute Gasteiger partial charge is 0.183 e. The maximum absolute atomic E-state index is 14.1. The molecule has 1 N–H and O–H groups in total. The minimum Gasteiger partial charge on any atom is -0.496 e. The predicted molar refractivity (Wildman–Crippen MR) is 61.9 cm³/mol. The van der Waals surface area contributed by atoms with Gasteiger partial charge in [-0.3, -0.25) is 4.79 Å². The highest BCUT2D eigenvalue weighted by Crippen LogP contribution is 2.25. The molecule has 0 saturated heterocycles. The average molecular weight is 241 g/mol. The summed E-state index contributed by atoms with van der Waals surface area (Å²) < 4.78 is 23.9. The molecule has 0 saturated carbocycles. The van der Waals surface area contributed by atoms with Crippen molar-refractivity contribution in [1.29, 1.82) is 0 Å². The Balaban J connectivity index is 3.22. The zero-order valence-corrected chi connectivity index (χ0v) is 10.2. The van der Waals surface area contributed by atoms with Gasteiger partial charge in [0.2, 0.25) is 0 Å². The van der Waals surface area contributed by atoms with Gasteiger partial charge < -0.3 is 14.8 Å². The lowest BCUT2D eigenvalue weighted by Gasteiger charge is -2.11. The molecule has 0 radical (unpaired) electrons. The summed E-state index contributed by atoms with van der Waals surface area (Å²) in [6, 6.07) is 3.12. The van der Waals surface area contributed by atoms with Gasteiger partial charge in [0.1, 0.15) is 11.6 Å². The van der Waals surface area contributed by atoms with E-state index in [0.29, 0.717) is 5.56 Å². The predicted octanol–water partition coefficient (Wildman–Crippen LogP) is 1.38. The highest BCUT2D eigenvalue weighted by molar-refractivity contribution is 6.00. The molecule has 4 nitrogen and oxygen atoms in total. The first-order valence-electron chi connectivity index (χ1n) is 5.17. The van der Waals surface area contributed by atoms with Crippen molar-refractivity contribution >= 4 is 5.78 Å². The van der Waals surface area contributed by atoms with E-state index in [9.17, 15) is 9.18 Å². The molecule has 0 spiro atoms. The summed E-state index contributed by atoms with van der Waals surface area (Å²) in [5, 5.41) is 2.69. The lowest BCUT2D eigenvalue weighted by atomic mass is 10.0. The minimum atomic E-state index is -0.577. The van der Waals surface area contributed by atoms with Crippen LogP contribution in [0, 0.1) is 5.82 Å². The third kappa shape index (κ3) is 3.01. The van der Waals surface area contributed by atoms with Gasteiger partial charge in [-0.05, 0) is 13.1 Å². The molecular formula is C12H16FNO3. The summed E-state index contributed by atoms with van der Waals surface area (Å²) in [6.07, 6.45) is 0. The third-order valence-corrected chi connectivity index (χ3v) is 2.32. The Labute approximate surface area is 99.7 Å². The fraction of sp³-hybridized carbons (Fsp3) is 0.417. The Hall–Kier alpha value is -1.46. The number of hydrogen-bond acceptors (Lipinski definition) is 4. The second kappa shape index (κ2) is 6.32. The van der Waals surface area contributed by atoms with Crippen LogP contribution in [0.2, 0.25) is 0 Å². The van der Waals surface area contributed by atoms with Crippen LogP contribution in [0.3, 0.4) is 0 Å². The number of Topliss-reactive ketones (excluding diaryl/α,β-unsaturated/α-hetero) is 1. The molecule has 0 atom stereocenters. The van der Waals surface area contributed by atoms with E-state index in [4.69, 9.17) is 9.47 Å². The first-order chi connectivity index (χ1) is 8.15. The zero-order valence-electron chi connectivity index (χ0n) is 10.2. The van der Waals surface area contributed by atoms with Crippen LogP contribution in [0.25, 0.3) is 0 Å². The van der Waals surface area contributed by atoms with Crippen molar-refractivity contribution in [3.8, 4) is 5.75 Å². The van der Waals surface area contributed by atoms with Gasteiger partial charge >= 0.3 is 0 Å². The second-order valence-corrected chi connectivity index (χ2v) is 3.50. The van der Waals surface area contributed by atoms with Crippen molar-refractivity contribution in [2.75, 3.05) is 27.8 Å². The molecule has 0 amide bonds. The normalized spacial score (nSPS) is 10.4. The molecule has 1 rings (SSSR count). The summed E-state index contributed by atoms with van der Waals surface area (Å²) in [6.45, 7) is 0.180. The number of carbonyl (C=O) groups is 1. The quantitative estimate of drug-likeness (QED) is 0.764. The van der Waals surface area contributed by atoms with Crippen LogP contribution in [-0.2, 0) is 11.3 Å². The van der Waals surface area contributed by atoms with E-state index in [1.54, 1.807) is 19.2 Å². The molecule has 0 aliphatic carbocycles. The number of rotatable bonds is 6. The number of methoxy groups -OCH3 is 2. The third-order valence-electron chi connectivity index (χ3n) is 2.32. The molecule has 1 aromatic carbocycles. The lowest BCUT2D eigenvalue weighted by Crippen LogP contribution is -2.21. The van der Waals surface area contributed by atoms with Gasteiger partial charge in [-0.15, -0.1) is 0 Å². The van der Waals surface area contributed by atoms with Crippen molar-refractivity contribution in [1.82, 2.24) is 5.32 Å². The zero-order chi connectivity index (χ0) is 12.8. The summed E-state index contributed by atoms with van der Waals surface area (Å²) in [5.41, 5.74) is 0.309. The Morgan fingerprint density at radius 2 is 2.12 bits per heavy atom. The number of carbonyl (C=O) groups excluding carboxylic acids is 1. The van der Waals surface area contributed by atoms with Crippen LogP contribution >= 0.6 is 0 Å². The highest BCUT2D eigenvalue weighted by atomic mass is 19.1. The molecule has 0 aromatic heterocycles. The fourth-order valence-electron chi connectivity index (χ4n) is 1.55. The van der Waals surface area contributed by atoms with E-state index < -0.39 is 5.82 Å². The summed E-state index contributed by atoms with van der Waals surface area (Å²) in [5.74, 6) is -0.686. The lowest BCUT2D eigenvalue weighted by molar-refractivity contribution is 0.0985. The van der Waals surface area contributed by atoms with Gasteiger partial charge in [-0.1, -0.05) is 6.07 Å². The maximum atomic E-state index is 14.1. The molecule has 94 valence electrons. The van der Waals surface area contributed by atoms with Crippen LogP contribution in [0.15, 0.2) is 12.1 Å².